The first kappa shape index (κ1) is 19.9. The van der Waals surface area contributed by atoms with Crippen LogP contribution < -0.4 is 10.9 Å². The Morgan fingerprint density at radius 3 is 2.19 bits per heavy atom. The average molecular weight is 372 g/mol. The third-order valence-corrected chi connectivity index (χ3v) is 3.75. The number of hydrogen-bond donors (Lipinski definition) is 3. The van der Waals surface area contributed by atoms with Gasteiger partial charge in [0.05, 0.1) is 11.4 Å². The van der Waals surface area contributed by atoms with Crippen molar-refractivity contribution in [1.29, 1.82) is 0 Å². The quantitative estimate of drug-likeness (QED) is 0.546. The first-order valence-corrected chi connectivity index (χ1v) is 8.18. The number of ketones is 1. The van der Waals surface area contributed by atoms with Crippen LogP contribution >= 0.6 is 0 Å². The Morgan fingerprint density at radius 2 is 1.67 bits per heavy atom. The predicted molar refractivity (Wildman–Crippen MR) is 100 cm³/mol. The number of nitrogens with zero attached hydrogens (tertiary/aromatic N) is 1. The number of carbonyl (C=O) groups is 2. The van der Waals surface area contributed by atoms with Gasteiger partial charge in [0.2, 0.25) is 5.91 Å². The zero-order valence-corrected chi connectivity index (χ0v) is 15.4. The maximum Gasteiger partial charge on any atom is 0.351 e. The van der Waals surface area contributed by atoms with E-state index in [1.54, 1.807) is 38.1 Å². The van der Waals surface area contributed by atoms with E-state index in [4.69, 9.17) is 0 Å². The van der Waals surface area contributed by atoms with Gasteiger partial charge in [-0.2, -0.15) is 0 Å². The summed E-state index contributed by atoms with van der Waals surface area (Å²) in [5.41, 5.74) is -0.664. The molecule has 8 heteroatoms. The summed E-state index contributed by atoms with van der Waals surface area (Å²) in [5.74, 6) is -2.55. The lowest BCUT2D eigenvalue weighted by Crippen LogP contribution is -2.17. The summed E-state index contributed by atoms with van der Waals surface area (Å²) >= 11 is 0. The molecule has 1 amide bonds. The maximum atomic E-state index is 12.0. The largest absolute Gasteiger partial charge is 0.506 e. The van der Waals surface area contributed by atoms with Crippen molar-refractivity contribution in [2.75, 3.05) is 5.32 Å². The third-order valence-electron chi connectivity index (χ3n) is 3.75. The van der Waals surface area contributed by atoms with Crippen molar-refractivity contribution in [1.82, 2.24) is 0 Å². The van der Waals surface area contributed by atoms with Crippen molar-refractivity contribution in [3.05, 3.63) is 45.8 Å². The van der Waals surface area contributed by atoms with Gasteiger partial charge in [0.1, 0.15) is 16.9 Å². The fraction of sp³-hybridized carbons (Fsp3) is 0.263. The van der Waals surface area contributed by atoms with Gasteiger partial charge in [-0.3, -0.25) is 14.6 Å². The van der Waals surface area contributed by atoms with Gasteiger partial charge in [-0.25, -0.2) is 4.79 Å². The van der Waals surface area contributed by atoms with Gasteiger partial charge in [0, 0.05) is 11.6 Å². The van der Waals surface area contributed by atoms with Crippen LogP contribution in [0.5, 0.6) is 11.7 Å². The first-order valence-electron chi connectivity index (χ1n) is 8.18. The normalized spacial score (nSPS) is 11.5. The number of aliphatic imine (C=N–C) groups is 1. The van der Waals surface area contributed by atoms with E-state index in [2.05, 4.69) is 14.7 Å². The van der Waals surface area contributed by atoms with Gasteiger partial charge >= 0.3 is 5.63 Å². The minimum atomic E-state index is -1.02. The SMILES string of the molecule is CC(=O)c1c(O)oc(=O)c(C(C)=Nc2ccc(NC(=O)C(C)C)cc2)c1O. The smallest absolute Gasteiger partial charge is 0.351 e. The second-order valence-corrected chi connectivity index (χ2v) is 6.24. The van der Waals surface area contributed by atoms with Gasteiger partial charge in [-0.1, -0.05) is 13.8 Å². The van der Waals surface area contributed by atoms with Gasteiger partial charge in [-0.05, 0) is 38.1 Å². The van der Waals surface area contributed by atoms with Crippen LogP contribution in [0.1, 0.15) is 43.6 Å². The molecule has 1 heterocycles. The Bertz CT molecular complexity index is 971. The number of anilines is 1. The third kappa shape index (κ3) is 4.41. The van der Waals surface area contributed by atoms with Crippen molar-refractivity contribution in [2.45, 2.75) is 27.7 Å². The van der Waals surface area contributed by atoms with Crippen molar-refractivity contribution in [2.24, 2.45) is 10.9 Å². The molecular weight excluding hydrogens is 352 g/mol. The molecule has 27 heavy (non-hydrogen) atoms. The minimum Gasteiger partial charge on any atom is -0.506 e. The molecule has 0 atom stereocenters. The van der Waals surface area contributed by atoms with Crippen LogP contribution in [0.25, 0.3) is 0 Å². The maximum absolute atomic E-state index is 12.0. The molecule has 1 aromatic heterocycles. The summed E-state index contributed by atoms with van der Waals surface area (Å²) in [4.78, 5) is 39.4. The van der Waals surface area contributed by atoms with Crippen LogP contribution in [0.2, 0.25) is 0 Å². The molecule has 0 aliphatic carbocycles. The molecule has 142 valence electrons. The predicted octanol–water partition coefficient (Wildman–Crippen LogP) is 2.99. The van der Waals surface area contributed by atoms with Gasteiger partial charge in [0.25, 0.3) is 5.95 Å². The highest BCUT2D eigenvalue weighted by molar-refractivity contribution is 6.07. The molecule has 0 saturated carbocycles. The number of benzene rings is 1. The minimum absolute atomic E-state index is 0.0997. The lowest BCUT2D eigenvalue weighted by molar-refractivity contribution is -0.118. The van der Waals surface area contributed by atoms with Crippen molar-refractivity contribution in [3.63, 3.8) is 0 Å². The molecule has 0 unspecified atom stereocenters. The summed E-state index contributed by atoms with van der Waals surface area (Å²) in [6, 6.07) is 6.52. The Morgan fingerprint density at radius 1 is 1.07 bits per heavy atom. The highest BCUT2D eigenvalue weighted by atomic mass is 16.5. The van der Waals surface area contributed by atoms with Crippen molar-refractivity contribution >= 4 is 28.8 Å². The second kappa shape index (κ2) is 7.86. The van der Waals surface area contributed by atoms with Gasteiger partial charge in [0.15, 0.2) is 5.78 Å². The second-order valence-electron chi connectivity index (χ2n) is 6.24. The van der Waals surface area contributed by atoms with Crippen LogP contribution in [0.15, 0.2) is 38.5 Å². The monoisotopic (exact) mass is 372 g/mol. The zero-order valence-electron chi connectivity index (χ0n) is 15.4. The number of carbonyl (C=O) groups excluding carboxylic acids is 2. The number of rotatable bonds is 5. The Labute approximate surface area is 155 Å². The number of hydrogen-bond acceptors (Lipinski definition) is 7. The molecule has 8 nitrogen and oxygen atoms in total. The summed E-state index contributed by atoms with van der Waals surface area (Å²) < 4.78 is 4.62. The molecule has 1 aromatic carbocycles. The molecule has 0 fully saturated rings. The van der Waals surface area contributed by atoms with E-state index >= 15 is 0 Å². The molecule has 0 bridgehead atoms. The highest BCUT2D eigenvalue weighted by Crippen LogP contribution is 2.29. The van der Waals surface area contributed by atoms with E-state index in [0.717, 1.165) is 6.92 Å². The van der Waals surface area contributed by atoms with E-state index < -0.39 is 28.7 Å². The van der Waals surface area contributed by atoms with E-state index in [9.17, 15) is 24.6 Å². The zero-order chi connectivity index (χ0) is 20.3. The van der Waals surface area contributed by atoms with Crippen LogP contribution in [0.4, 0.5) is 11.4 Å². The van der Waals surface area contributed by atoms with Gasteiger partial charge in [-0.15, -0.1) is 0 Å². The lowest BCUT2D eigenvalue weighted by atomic mass is 10.1. The summed E-state index contributed by atoms with van der Waals surface area (Å²) in [5, 5.41) is 22.5. The van der Waals surface area contributed by atoms with Crippen LogP contribution in [-0.2, 0) is 4.79 Å². The highest BCUT2D eigenvalue weighted by Gasteiger charge is 2.23. The molecule has 0 spiro atoms. The first-order chi connectivity index (χ1) is 12.6. The molecular formula is C19H20N2O6. The van der Waals surface area contributed by atoms with E-state index in [1.807, 2.05) is 0 Å². The number of Topliss-reactive ketones (excluding diaryl/α,β-unsaturated/α-hetero) is 1. The van der Waals surface area contributed by atoms with E-state index in [0.29, 0.717) is 11.4 Å². The van der Waals surface area contributed by atoms with E-state index in [-0.39, 0.29) is 23.1 Å². The fourth-order valence-electron chi connectivity index (χ4n) is 2.30. The Balaban J connectivity index is 2.38. The summed E-state index contributed by atoms with van der Waals surface area (Å²) in [7, 11) is 0. The topological polar surface area (TPSA) is 129 Å². The molecule has 0 saturated heterocycles. The summed E-state index contributed by atoms with van der Waals surface area (Å²) in [6.07, 6.45) is 0. The Kier molecular flexibility index (Phi) is 5.79. The number of nitrogens with one attached hydrogen (secondary N) is 1. The van der Waals surface area contributed by atoms with Crippen molar-refractivity contribution in [3.8, 4) is 11.7 Å². The lowest BCUT2D eigenvalue weighted by Gasteiger charge is -2.09. The molecule has 0 aliphatic rings. The van der Waals surface area contributed by atoms with Gasteiger partial charge < -0.3 is 19.9 Å². The molecule has 2 aromatic rings. The molecule has 0 radical (unpaired) electrons. The summed E-state index contributed by atoms with van der Waals surface area (Å²) in [6.45, 7) is 6.14. The fourth-order valence-corrected chi connectivity index (χ4v) is 2.30. The van der Waals surface area contributed by atoms with Crippen LogP contribution in [-0.4, -0.2) is 27.6 Å². The van der Waals surface area contributed by atoms with Crippen molar-refractivity contribution < 1.29 is 24.2 Å². The molecule has 2 rings (SSSR count). The average Bonchev–Trinajstić information content (AvgIpc) is 2.55. The number of amides is 1. The van der Waals surface area contributed by atoms with Crippen LogP contribution in [0, 0.1) is 5.92 Å². The van der Waals surface area contributed by atoms with Crippen LogP contribution in [0.3, 0.4) is 0 Å². The standard InChI is InChI=1S/C19H20N2O6/c1-9(2)17(24)21-13-7-5-12(6-8-13)20-10(3)14-16(23)15(11(4)22)19(26)27-18(14)25/h5-9,23,26H,1-4H3,(H,21,24). The molecule has 3 N–H and O–H groups in total. The molecule has 0 aliphatic heterocycles. The Hall–Kier alpha value is -3.42. The van der Waals surface area contributed by atoms with E-state index in [1.165, 1.54) is 6.92 Å². The number of aromatic hydroxyl groups is 2.